The van der Waals surface area contributed by atoms with Gasteiger partial charge in [0.25, 0.3) is 0 Å². The van der Waals surface area contributed by atoms with Gasteiger partial charge in [-0.1, -0.05) is 72.8 Å². The van der Waals surface area contributed by atoms with E-state index in [4.69, 9.17) is 14.2 Å². The van der Waals surface area contributed by atoms with Crippen LogP contribution in [0.4, 0.5) is 0 Å². The lowest BCUT2D eigenvalue weighted by molar-refractivity contribution is -0.189. The summed E-state index contributed by atoms with van der Waals surface area (Å²) in [5, 5.41) is 0. The maximum absolute atomic E-state index is 13.2. The van der Waals surface area contributed by atoms with E-state index in [0.29, 0.717) is 38.4 Å². The van der Waals surface area contributed by atoms with Crippen LogP contribution in [0.1, 0.15) is 105 Å². The van der Waals surface area contributed by atoms with Crippen molar-refractivity contribution in [2.75, 3.05) is 13.2 Å². The highest BCUT2D eigenvalue weighted by molar-refractivity contribution is 5.88. The molecule has 0 aromatic rings. The summed E-state index contributed by atoms with van der Waals surface area (Å²) in [5.74, 6) is -1.41. The van der Waals surface area contributed by atoms with Crippen LogP contribution in [-0.4, -0.2) is 36.7 Å². The van der Waals surface area contributed by atoms with E-state index in [2.05, 4.69) is 34.3 Å². The van der Waals surface area contributed by atoms with Crippen LogP contribution in [0.2, 0.25) is 0 Å². The van der Waals surface area contributed by atoms with E-state index in [9.17, 15) is 14.4 Å². The van der Waals surface area contributed by atoms with Crippen LogP contribution in [0, 0.1) is 17.8 Å². The first kappa shape index (κ1) is 29.2. The predicted molar refractivity (Wildman–Crippen MR) is 130 cm³/mol. The van der Waals surface area contributed by atoms with Gasteiger partial charge in [-0.05, 0) is 43.9 Å². The molecule has 0 aliphatic heterocycles. The number of carbonyl (C=O) groups is 3. The van der Waals surface area contributed by atoms with Gasteiger partial charge in [-0.3, -0.25) is 4.79 Å². The maximum atomic E-state index is 13.2. The Morgan fingerprint density at radius 3 is 2.06 bits per heavy atom. The van der Waals surface area contributed by atoms with Gasteiger partial charge in [0.15, 0.2) is 0 Å². The Morgan fingerprint density at radius 1 is 0.970 bits per heavy atom. The minimum absolute atomic E-state index is 0.0990. The largest absolute Gasteiger partial charge is 0.465 e. The Bertz CT molecular complexity index is 616. The van der Waals surface area contributed by atoms with E-state index < -0.39 is 23.5 Å². The van der Waals surface area contributed by atoms with E-state index >= 15 is 0 Å². The second-order valence-electron chi connectivity index (χ2n) is 9.47. The Labute approximate surface area is 200 Å². The van der Waals surface area contributed by atoms with E-state index in [-0.39, 0.29) is 18.3 Å². The maximum Gasteiger partial charge on any atom is 0.350 e. The number of esters is 3. The first-order valence-corrected chi connectivity index (χ1v) is 13.0. The molecular formula is C27H46O6. The Kier molecular flexibility index (Phi) is 14.1. The molecule has 190 valence electrons. The molecule has 0 amide bonds. The van der Waals surface area contributed by atoms with Crippen molar-refractivity contribution in [1.29, 1.82) is 0 Å². The molecule has 6 heteroatoms. The highest BCUT2D eigenvalue weighted by Crippen LogP contribution is 2.38. The second-order valence-corrected chi connectivity index (χ2v) is 9.47. The van der Waals surface area contributed by atoms with E-state index in [1.807, 2.05) is 0 Å². The fourth-order valence-corrected chi connectivity index (χ4v) is 4.43. The molecule has 6 nitrogen and oxygen atoms in total. The minimum Gasteiger partial charge on any atom is -0.465 e. The summed E-state index contributed by atoms with van der Waals surface area (Å²) in [6.45, 7) is 12.6. The molecule has 1 rings (SSSR count). The highest BCUT2D eigenvalue weighted by Gasteiger charge is 2.49. The molecule has 0 N–H and O–H groups in total. The minimum atomic E-state index is -1.46. The van der Waals surface area contributed by atoms with Crippen LogP contribution in [0.25, 0.3) is 0 Å². The zero-order valence-corrected chi connectivity index (χ0v) is 21.4. The molecule has 4 atom stereocenters. The monoisotopic (exact) mass is 466 g/mol. The molecule has 1 aliphatic rings. The van der Waals surface area contributed by atoms with Crippen molar-refractivity contribution in [3.05, 3.63) is 12.7 Å². The fourth-order valence-electron chi connectivity index (χ4n) is 4.43. The van der Waals surface area contributed by atoms with Crippen LogP contribution >= 0.6 is 0 Å². The zero-order valence-electron chi connectivity index (χ0n) is 21.4. The van der Waals surface area contributed by atoms with Gasteiger partial charge < -0.3 is 14.2 Å². The SMILES string of the molecule is C=CC(=O)OC1(C(=O)OCC(CC)CCCC)CCCC(C(=O)OCC(CC)CCCC)C1. The number of rotatable bonds is 16. The van der Waals surface area contributed by atoms with Crippen LogP contribution in [0.15, 0.2) is 12.7 Å². The molecule has 0 aromatic heterocycles. The Balaban J connectivity index is 2.84. The van der Waals surface area contributed by atoms with Crippen molar-refractivity contribution in [2.24, 2.45) is 17.8 Å². The normalized spacial score (nSPS) is 22.1. The van der Waals surface area contributed by atoms with Gasteiger partial charge in [-0.25, -0.2) is 9.59 Å². The molecule has 1 saturated carbocycles. The quantitative estimate of drug-likeness (QED) is 0.154. The van der Waals surface area contributed by atoms with Crippen LogP contribution in [0.3, 0.4) is 0 Å². The molecule has 0 bridgehead atoms. The topological polar surface area (TPSA) is 78.9 Å². The van der Waals surface area contributed by atoms with E-state index in [0.717, 1.165) is 57.4 Å². The molecule has 0 aromatic carbocycles. The third kappa shape index (κ3) is 9.89. The molecule has 1 fully saturated rings. The third-order valence-electron chi connectivity index (χ3n) is 6.88. The predicted octanol–water partition coefficient (Wildman–Crippen LogP) is 6.16. The summed E-state index contributed by atoms with van der Waals surface area (Å²) in [6.07, 6.45) is 11.0. The van der Waals surface area contributed by atoms with E-state index in [1.165, 1.54) is 0 Å². The average molecular weight is 467 g/mol. The fraction of sp³-hybridized carbons (Fsp3) is 0.815. The lowest BCUT2D eigenvalue weighted by Crippen LogP contribution is -2.49. The van der Waals surface area contributed by atoms with Crippen LogP contribution in [-0.2, 0) is 28.6 Å². The van der Waals surface area contributed by atoms with Crippen molar-refractivity contribution in [1.82, 2.24) is 0 Å². The molecule has 4 unspecified atom stereocenters. The number of carbonyl (C=O) groups excluding carboxylic acids is 3. The summed E-state index contributed by atoms with van der Waals surface area (Å²) in [7, 11) is 0. The van der Waals surface area contributed by atoms with Gasteiger partial charge in [0.05, 0.1) is 19.1 Å². The Morgan fingerprint density at radius 2 is 1.55 bits per heavy atom. The molecule has 0 spiro atoms. The molecule has 33 heavy (non-hydrogen) atoms. The first-order valence-electron chi connectivity index (χ1n) is 13.0. The van der Waals surface area contributed by atoms with Gasteiger partial charge in [0.1, 0.15) is 0 Å². The highest BCUT2D eigenvalue weighted by atomic mass is 16.6. The number of unbranched alkanes of at least 4 members (excludes halogenated alkanes) is 2. The third-order valence-corrected chi connectivity index (χ3v) is 6.88. The summed E-state index contributed by atoms with van der Waals surface area (Å²) >= 11 is 0. The van der Waals surface area contributed by atoms with Gasteiger partial charge in [0, 0.05) is 12.5 Å². The van der Waals surface area contributed by atoms with Gasteiger partial charge in [0.2, 0.25) is 5.60 Å². The second kappa shape index (κ2) is 15.9. The molecular weight excluding hydrogens is 420 g/mol. The lowest BCUT2D eigenvalue weighted by atomic mass is 9.77. The molecule has 0 heterocycles. The molecule has 0 saturated heterocycles. The van der Waals surface area contributed by atoms with Crippen molar-refractivity contribution in [3.8, 4) is 0 Å². The first-order chi connectivity index (χ1) is 15.8. The van der Waals surface area contributed by atoms with E-state index in [1.54, 1.807) is 0 Å². The summed E-state index contributed by atoms with van der Waals surface area (Å²) in [5.41, 5.74) is -1.46. The smallest absolute Gasteiger partial charge is 0.350 e. The van der Waals surface area contributed by atoms with Crippen molar-refractivity contribution in [3.63, 3.8) is 0 Å². The zero-order chi connectivity index (χ0) is 24.7. The van der Waals surface area contributed by atoms with Crippen molar-refractivity contribution >= 4 is 17.9 Å². The summed E-state index contributed by atoms with van der Waals surface area (Å²) < 4.78 is 16.9. The molecule has 1 aliphatic carbocycles. The van der Waals surface area contributed by atoms with Gasteiger partial charge in [-0.2, -0.15) is 0 Å². The van der Waals surface area contributed by atoms with Crippen molar-refractivity contribution < 1.29 is 28.6 Å². The summed E-state index contributed by atoms with van der Waals surface area (Å²) in [4.78, 5) is 38.1. The van der Waals surface area contributed by atoms with Crippen molar-refractivity contribution in [2.45, 2.75) is 110 Å². The Hall–Kier alpha value is -1.85. The van der Waals surface area contributed by atoms with Crippen LogP contribution in [0.5, 0.6) is 0 Å². The van der Waals surface area contributed by atoms with Gasteiger partial charge >= 0.3 is 17.9 Å². The van der Waals surface area contributed by atoms with Gasteiger partial charge in [-0.15, -0.1) is 0 Å². The molecule has 0 radical (unpaired) electrons. The number of ether oxygens (including phenoxy) is 3. The average Bonchev–Trinajstić information content (AvgIpc) is 2.83. The summed E-state index contributed by atoms with van der Waals surface area (Å²) in [6, 6.07) is 0. The lowest BCUT2D eigenvalue weighted by Gasteiger charge is -2.37. The number of hydrogen-bond acceptors (Lipinski definition) is 6. The standard InChI is InChI=1S/C27H46O6/c1-6-11-14-21(8-3)19-31-25(29)23-16-13-17-27(18-23,33-24(28)10-5)26(30)32-20-22(9-4)15-12-7-2/h10,21-23H,5-9,11-20H2,1-4H3. The van der Waals surface area contributed by atoms with Crippen LogP contribution < -0.4 is 0 Å². The number of hydrogen-bond donors (Lipinski definition) is 0.